The maximum Gasteiger partial charge on any atom is 0.223 e. The third-order valence-corrected chi connectivity index (χ3v) is 7.05. The number of halogens is 1. The number of rotatable bonds is 5. The molecule has 3 nitrogen and oxygen atoms in total. The van der Waals surface area contributed by atoms with E-state index in [0.29, 0.717) is 36.0 Å². The fourth-order valence-electron chi connectivity index (χ4n) is 5.58. The van der Waals surface area contributed by atoms with Gasteiger partial charge in [0.25, 0.3) is 0 Å². The van der Waals surface area contributed by atoms with Crippen molar-refractivity contribution < 1.29 is 4.79 Å². The number of nitrogens with one attached hydrogen (secondary N) is 1. The summed E-state index contributed by atoms with van der Waals surface area (Å²) in [7, 11) is 0. The standard InChI is InChI=1S/C20H34N2O.ClH/c1-2-14-3-7-18(8-4-14)22(19-9-10-19)20(23)13-15-11-16-5-6-17(12-15)21-16;/h14-19,21H,2-13H2,1H3;1H. The molecule has 0 aromatic heterocycles. The van der Waals surface area contributed by atoms with Crippen molar-refractivity contribution in [3.63, 3.8) is 0 Å². The first-order chi connectivity index (χ1) is 11.2. The third kappa shape index (κ3) is 4.09. The fourth-order valence-corrected chi connectivity index (χ4v) is 5.58. The lowest BCUT2D eigenvalue weighted by Gasteiger charge is -2.38. The molecule has 0 spiro atoms. The number of piperidine rings is 1. The van der Waals surface area contributed by atoms with Crippen LogP contribution in [-0.4, -0.2) is 35.0 Å². The van der Waals surface area contributed by atoms with Crippen molar-refractivity contribution in [2.24, 2.45) is 11.8 Å². The lowest BCUT2D eigenvalue weighted by Crippen LogP contribution is -2.46. The van der Waals surface area contributed by atoms with Crippen LogP contribution in [0.4, 0.5) is 0 Å². The molecule has 0 aromatic rings. The third-order valence-electron chi connectivity index (χ3n) is 7.05. The zero-order valence-corrected chi connectivity index (χ0v) is 16.0. The van der Waals surface area contributed by atoms with E-state index in [4.69, 9.17) is 0 Å². The van der Waals surface area contributed by atoms with Gasteiger partial charge in [-0.1, -0.05) is 13.3 Å². The van der Waals surface area contributed by atoms with Crippen LogP contribution in [-0.2, 0) is 4.79 Å². The molecule has 24 heavy (non-hydrogen) atoms. The van der Waals surface area contributed by atoms with E-state index < -0.39 is 0 Å². The highest BCUT2D eigenvalue weighted by Crippen LogP contribution is 2.38. The maximum atomic E-state index is 13.1. The molecule has 1 amide bonds. The van der Waals surface area contributed by atoms with E-state index >= 15 is 0 Å². The molecule has 2 aliphatic carbocycles. The van der Waals surface area contributed by atoms with Gasteiger partial charge < -0.3 is 10.2 Å². The average molecular weight is 355 g/mol. The molecular formula is C20H35ClN2O. The summed E-state index contributed by atoms with van der Waals surface area (Å²) in [5.41, 5.74) is 0. The van der Waals surface area contributed by atoms with Gasteiger partial charge in [-0.2, -0.15) is 0 Å². The van der Waals surface area contributed by atoms with E-state index in [-0.39, 0.29) is 12.4 Å². The van der Waals surface area contributed by atoms with Gasteiger partial charge in [0.15, 0.2) is 0 Å². The van der Waals surface area contributed by atoms with Crippen molar-refractivity contribution in [1.82, 2.24) is 10.2 Å². The zero-order valence-electron chi connectivity index (χ0n) is 15.2. The predicted octanol–water partition coefficient (Wildman–Crippen LogP) is 4.29. The van der Waals surface area contributed by atoms with E-state index in [1.807, 2.05) is 0 Å². The number of carbonyl (C=O) groups excluding carboxylic acids is 1. The lowest BCUT2D eigenvalue weighted by molar-refractivity contribution is -0.136. The van der Waals surface area contributed by atoms with Gasteiger partial charge in [-0.25, -0.2) is 0 Å². The molecule has 2 aliphatic heterocycles. The highest BCUT2D eigenvalue weighted by atomic mass is 35.5. The summed E-state index contributed by atoms with van der Waals surface area (Å²) >= 11 is 0. The van der Waals surface area contributed by atoms with Crippen molar-refractivity contribution in [1.29, 1.82) is 0 Å². The minimum absolute atomic E-state index is 0. The van der Waals surface area contributed by atoms with Gasteiger partial charge >= 0.3 is 0 Å². The molecule has 2 bridgehead atoms. The molecule has 4 aliphatic rings. The predicted molar refractivity (Wildman–Crippen MR) is 100 cm³/mol. The molecule has 1 N–H and O–H groups in total. The second-order valence-electron chi connectivity index (χ2n) is 8.79. The number of hydrogen-bond acceptors (Lipinski definition) is 2. The van der Waals surface area contributed by atoms with Gasteiger partial charge in [0.05, 0.1) is 0 Å². The van der Waals surface area contributed by atoms with E-state index in [1.165, 1.54) is 70.6 Å². The topological polar surface area (TPSA) is 32.3 Å². The first-order valence-corrected chi connectivity index (χ1v) is 10.3. The Morgan fingerprint density at radius 1 is 0.875 bits per heavy atom. The minimum atomic E-state index is 0. The van der Waals surface area contributed by atoms with Gasteiger partial charge in [-0.15, -0.1) is 12.4 Å². The second-order valence-corrected chi connectivity index (χ2v) is 8.79. The average Bonchev–Trinajstić information content (AvgIpc) is 3.33. The molecule has 2 saturated heterocycles. The van der Waals surface area contributed by atoms with Crippen LogP contribution < -0.4 is 5.32 Å². The van der Waals surface area contributed by atoms with Crippen molar-refractivity contribution >= 4 is 18.3 Å². The number of nitrogens with zero attached hydrogens (tertiary/aromatic N) is 1. The number of fused-ring (bicyclic) bond motifs is 2. The molecule has 138 valence electrons. The molecule has 0 aromatic carbocycles. The van der Waals surface area contributed by atoms with Crippen LogP contribution in [0.3, 0.4) is 0 Å². The van der Waals surface area contributed by atoms with Crippen molar-refractivity contribution in [2.75, 3.05) is 0 Å². The minimum Gasteiger partial charge on any atom is -0.337 e. The Labute approximate surface area is 153 Å². The van der Waals surface area contributed by atoms with Crippen LogP contribution in [0.2, 0.25) is 0 Å². The molecule has 4 fully saturated rings. The van der Waals surface area contributed by atoms with Crippen LogP contribution in [0.1, 0.15) is 84.0 Å². The number of carbonyl (C=O) groups is 1. The van der Waals surface area contributed by atoms with Crippen LogP contribution in [0.5, 0.6) is 0 Å². The van der Waals surface area contributed by atoms with Crippen LogP contribution in [0.25, 0.3) is 0 Å². The second kappa shape index (κ2) is 7.95. The first kappa shape index (κ1) is 18.5. The molecule has 4 rings (SSSR count). The summed E-state index contributed by atoms with van der Waals surface area (Å²) < 4.78 is 0. The Morgan fingerprint density at radius 2 is 1.42 bits per heavy atom. The molecular weight excluding hydrogens is 320 g/mol. The Morgan fingerprint density at radius 3 is 1.92 bits per heavy atom. The quantitative estimate of drug-likeness (QED) is 0.798. The summed E-state index contributed by atoms with van der Waals surface area (Å²) in [6.07, 6.45) is 15.0. The van der Waals surface area contributed by atoms with E-state index in [9.17, 15) is 4.79 Å². The summed E-state index contributed by atoms with van der Waals surface area (Å²) in [5.74, 6) is 2.07. The Balaban J connectivity index is 0.00000169. The van der Waals surface area contributed by atoms with Crippen molar-refractivity contribution in [2.45, 2.75) is 108 Å². The van der Waals surface area contributed by atoms with Crippen molar-refractivity contribution in [3.05, 3.63) is 0 Å². The van der Waals surface area contributed by atoms with Gasteiger partial charge in [-0.05, 0) is 76.0 Å². The molecule has 2 heterocycles. The fraction of sp³-hybridized carbons (Fsp3) is 0.950. The molecule has 2 saturated carbocycles. The summed E-state index contributed by atoms with van der Waals surface area (Å²) in [6.45, 7) is 2.32. The Kier molecular flexibility index (Phi) is 6.13. The molecule has 2 unspecified atom stereocenters. The van der Waals surface area contributed by atoms with E-state index in [2.05, 4.69) is 17.1 Å². The van der Waals surface area contributed by atoms with Gasteiger partial charge in [0.1, 0.15) is 0 Å². The number of amides is 1. The SMILES string of the molecule is CCC1CCC(N(C(=O)CC2CC3CCC(C2)N3)C2CC2)CC1.Cl. The molecule has 4 heteroatoms. The highest BCUT2D eigenvalue weighted by Gasteiger charge is 2.40. The smallest absolute Gasteiger partial charge is 0.223 e. The van der Waals surface area contributed by atoms with Gasteiger partial charge in [0.2, 0.25) is 5.91 Å². The maximum absolute atomic E-state index is 13.1. The van der Waals surface area contributed by atoms with Gasteiger partial charge in [0, 0.05) is 30.6 Å². The normalized spacial score (nSPS) is 38.5. The molecule has 2 atom stereocenters. The number of hydrogen-bond donors (Lipinski definition) is 1. The van der Waals surface area contributed by atoms with Crippen LogP contribution in [0.15, 0.2) is 0 Å². The summed E-state index contributed by atoms with van der Waals surface area (Å²) in [6, 6.07) is 2.59. The highest BCUT2D eigenvalue weighted by molar-refractivity contribution is 5.85. The van der Waals surface area contributed by atoms with E-state index in [0.717, 1.165) is 12.3 Å². The lowest BCUT2D eigenvalue weighted by atomic mass is 9.83. The van der Waals surface area contributed by atoms with Crippen LogP contribution in [0, 0.1) is 11.8 Å². The zero-order chi connectivity index (χ0) is 15.8. The summed E-state index contributed by atoms with van der Waals surface area (Å²) in [5, 5.41) is 3.71. The molecule has 0 radical (unpaired) electrons. The first-order valence-electron chi connectivity index (χ1n) is 10.3. The van der Waals surface area contributed by atoms with E-state index in [1.54, 1.807) is 0 Å². The summed E-state index contributed by atoms with van der Waals surface area (Å²) in [4.78, 5) is 15.5. The monoisotopic (exact) mass is 354 g/mol. The Bertz CT molecular complexity index is 419. The van der Waals surface area contributed by atoms with Crippen molar-refractivity contribution in [3.8, 4) is 0 Å². The largest absolute Gasteiger partial charge is 0.337 e. The van der Waals surface area contributed by atoms with Crippen LogP contribution >= 0.6 is 12.4 Å². The Hall–Kier alpha value is -0.280. The van der Waals surface area contributed by atoms with Gasteiger partial charge in [-0.3, -0.25) is 4.79 Å².